The number of hydrogen-bond acceptors (Lipinski definition) is 1. The summed E-state index contributed by atoms with van der Waals surface area (Å²) in [6.07, 6.45) is 2.54. The standard InChI is InChI=1S/C13H16BrF2N/c1-13(6-5-8(7-13)17-2)11-10(15)4-3-9(14)12(11)16/h3-4,8,17H,5-7H2,1-2H3. The third kappa shape index (κ3) is 2.25. The number of hydrogen-bond donors (Lipinski definition) is 1. The minimum Gasteiger partial charge on any atom is -0.317 e. The van der Waals surface area contributed by atoms with E-state index in [1.54, 1.807) is 0 Å². The van der Waals surface area contributed by atoms with E-state index < -0.39 is 17.0 Å². The Hall–Kier alpha value is -0.480. The topological polar surface area (TPSA) is 12.0 Å². The summed E-state index contributed by atoms with van der Waals surface area (Å²) in [6, 6.07) is 3.10. The predicted octanol–water partition coefficient (Wildman–Crippen LogP) is 3.76. The van der Waals surface area contributed by atoms with Gasteiger partial charge in [0.25, 0.3) is 0 Å². The third-order valence-corrected chi connectivity index (χ3v) is 4.41. The van der Waals surface area contributed by atoms with Crippen LogP contribution < -0.4 is 5.32 Å². The van der Waals surface area contributed by atoms with Gasteiger partial charge in [0.15, 0.2) is 0 Å². The fourth-order valence-corrected chi connectivity index (χ4v) is 3.12. The molecule has 17 heavy (non-hydrogen) atoms. The maximum atomic E-state index is 14.1. The van der Waals surface area contributed by atoms with Gasteiger partial charge in [0.2, 0.25) is 0 Å². The minimum atomic E-state index is -0.454. The molecule has 2 rings (SSSR count). The summed E-state index contributed by atoms with van der Waals surface area (Å²) < 4.78 is 28.3. The lowest BCUT2D eigenvalue weighted by atomic mass is 9.80. The van der Waals surface area contributed by atoms with Gasteiger partial charge in [-0.3, -0.25) is 0 Å². The fraction of sp³-hybridized carbons (Fsp3) is 0.538. The van der Waals surface area contributed by atoms with Crippen LogP contribution in [0.15, 0.2) is 16.6 Å². The van der Waals surface area contributed by atoms with Crippen LogP contribution in [0.3, 0.4) is 0 Å². The molecule has 0 amide bonds. The van der Waals surface area contributed by atoms with Crippen molar-refractivity contribution in [1.82, 2.24) is 5.32 Å². The van der Waals surface area contributed by atoms with E-state index in [2.05, 4.69) is 21.2 Å². The van der Waals surface area contributed by atoms with Crippen LogP contribution in [-0.2, 0) is 5.41 Å². The van der Waals surface area contributed by atoms with Gasteiger partial charge in [-0.15, -0.1) is 0 Å². The summed E-state index contributed by atoms with van der Waals surface area (Å²) >= 11 is 3.13. The number of halogens is 3. The number of benzene rings is 1. The summed E-state index contributed by atoms with van der Waals surface area (Å²) in [6.45, 7) is 1.94. The average molecular weight is 304 g/mol. The van der Waals surface area contributed by atoms with Crippen LogP contribution >= 0.6 is 15.9 Å². The Bertz CT molecular complexity index is 436. The lowest BCUT2D eigenvalue weighted by Crippen LogP contribution is -2.27. The molecule has 2 atom stereocenters. The van der Waals surface area contributed by atoms with Gasteiger partial charge in [0, 0.05) is 11.6 Å². The Balaban J connectivity index is 2.44. The van der Waals surface area contributed by atoms with Crippen molar-refractivity contribution in [3.8, 4) is 0 Å². The maximum Gasteiger partial charge on any atom is 0.144 e. The van der Waals surface area contributed by atoms with Gasteiger partial charge in [-0.05, 0) is 59.8 Å². The molecular weight excluding hydrogens is 288 g/mol. The van der Waals surface area contributed by atoms with Gasteiger partial charge in [-0.1, -0.05) is 6.92 Å². The molecule has 2 unspecified atom stereocenters. The molecule has 0 saturated heterocycles. The second-order valence-corrected chi connectivity index (χ2v) is 5.86. The molecule has 1 saturated carbocycles. The Morgan fingerprint density at radius 3 is 2.71 bits per heavy atom. The highest BCUT2D eigenvalue weighted by molar-refractivity contribution is 9.10. The van der Waals surface area contributed by atoms with E-state index in [-0.39, 0.29) is 5.56 Å². The smallest absolute Gasteiger partial charge is 0.144 e. The molecule has 0 spiro atoms. The van der Waals surface area contributed by atoms with Crippen LogP contribution in [0, 0.1) is 11.6 Å². The molecule has 4 heteroatoms. The van der Waals surface area contributed by atoms with Crippen LogP contribution in [0.25, 0.3) is 0 Å². The van der Waals surface area contributed by atoms with Gasteiger partial charge in [-0.25, -0.2) is 8.78 Å². The molecule has 0 aromatic heterocycles. The normalized spacial score (nSPS) is 28.6. The highest BCUT2D eigenvalue weighted by Gasteiger charge is 2.40. The van der Waals surface area contributed by atoms with E-state index >= 15 is 0 Å². The highest BCUT2D eigenvalue weighted by atomic mass is 79.9. The van der Waals surface area contributed by atoms with Crippen LogP contribution in [-0.4, -0.2) is 13.1 Å². The van der Waals surface area contributed by atoms with Crippen molar-refractivity contribution in [2.45, 2.75) is 37.6 Å². The molecule has 1 aromatic carbocycles. The molecule has 0 bridgehead atoms. The molecule has 1 N–H and O–H groups in total. The molecule has 1 nitrogen and oxygen atoms in total. The van der Waals surface area contributed by atoms with Crippen molar-refractivity contribution in [3.05, 3.63) is 33.8 Å². The zero-order chi connectivity index (χ0) is 12.6. The monoisotopic (exact) mass is 303 g/mol. The zero-order valence-corrected chi connectivity index (χ0v) is 11.6. The molecule has 0 aliphatic heterocycles. The van der Waals surface area contributed by atoms with E-state index in [0.717, 1.165) is 19.3 Å². The minimum absolute atomic E-state index is 0.227. The molecular formula is C13H16BrF2N. The summed E-state index contributed by atoms with van der Waals surface area (Å²) in [5.74, 6) is -0.894. The Morgan fingerprint density at radius 2 is 2.12 bits per heavy atom. The van der Waals surface area contributed by atoms with E-state index in [9.17, 15) is 8.78 Å². The van der Waals surface area contributed by atoms with Gasteiger partial charge in [0.1, 0.15) is 11.6 Å². The largest absolute Gasteiger partial charge is 0.317 e. The average Bonchev–Trinajstić information content (AvgIpc) is 2.67. The van der Waals surface area contributed by atoms with Crippen LogP contribution in [0.5, 0.6) is 0 Å². The van der Waals surface area contributed by atoms with Crippen molar-refractivity contribution in [2.75, 3.05) is 7.05 Å². The maximum absolute atomic E-state index is 14.1. The first-order valence-electron chi connectivity index (χ1n) is 5.79. The molecule has 94 valence electrons. The van der Waals surface area contributed by atoms with Gasteiger partial charge in [0.05, 0.1) is 4.47 Å². The van der Waals surface area contributed by atoms with Crippen LogP contribution in [0.4, 0.5) is 8.78 Å². The quantitative estimate of drug-likeness (QED) is 0.820. The Morgan fingerprint density at radius 1 is 1.41 bits per heavy atom. The molecule has 0 heterocycles. The molecule has 1 aliphatic rings. The highest BCUT2D eigenvalue weighted by Crippen LogP contribution is 2.43. The number of nitrogens with one attached hydrogen (secondary N) is 1. The van der Waals surface area contributed by atoms with Crippen molar-refractivity contribution in [2.24, 2.45) is 0 Å². The zero-order valence-electron chi connectivity index (χ0n) is 9.99. The SMILES string of the molecule is CNC1CCC(C)(c2c(F)ccc(Br)c2F)C1. The van der Waals surface area contributed by atoms with E-state index in [1.165, 1.54) is 12.1 Å². The van der Waals surface area contributed by atoms with E-state index in [0.29, 0.717) is 10.5 Å². The summed E-state index contributed by atoms with van der Waals surface area (Å²) in [7, 11) is 1.89. The molecule has 0 radical (unpaired) electrons. The van der Waals surface area contributed by atoms with Crippen LogP contribution in [0.2, 0.25) is 0 Å². The van der Waals surface area contributed by atoms with Crippen molar-refractivity contribution >= 4 is 15.9 Å². The predicted molar refractivity (Wildman–Crippen MR) is 68.1 cm³/mol. The van der Waals surface area contributed by atoms with Crippen molar-refractivity contribution < 1.29 is 8.78 Å². The van der Waals surface area contributed by atoms with Gasteiger partial charge >= 0.3 is 0 Å². The second-order valence-electron chi connectivity index (χ2n) is 5.01. The van der Waals surface area contributed by atoms with Crippen molar-refractivity contribution in [3.63, 3.8) is 0 Å². The first-order chi connectivity index (χ1) is 7.98. The Kier molecular flexibility index (Phi) is 3.55. The second kappa shape index (κ2) is 4.65. The Labute approximate surface area is 109 Å². The first kappa shape index (κ1) is 13.0. The molecule has 1 fully saturated rings. The summed E-state index contributed by atoms with van der Waals surface area (Å²) in [5.41, 5.74) is -0.185. The molecule has 1 aromatic rings. The number of rotatable bonds is 2. The van der Waals surface area contributed by atoms with Crippen molar-refractivity contribution in [1.29, 1.82) is 0 Å². The third-order valence-electron chi connectivity index (χ3n) is 3.80. The summed E-state index contributed by atoms with van der Waals surface area (Å²) in [5, 5.41) is 3.19. The lowest BCUT2D eigenvalue weighted by molar-refractivity contribution is 0.412. The fourth-order valence-electron chi connectivity index (χ4n) is 2.79. The summed E-state index contributed by atoms with van der Waals surface area (Å²) in [4.78, 5) is 0. The van der Waals surface area contributed by atoms with Crippen LogP contribution in [0.1, 0.15) is 31.7 Å². The first-order valence-corrected chi connectivity index (χ1v) is 6.58. The van der Waals surface area contributed by atoms with Gasteiger partial charge < -0.3 is 5.32 Å². The van der Waals surface area contributed by atoms with E-state index in [1.807, 2.05) is 14.0 Å². The molecule has 1 aliphatic carbocycles. The van der Waals surface area contributed by atoms with E-state index in [4.69, 9.17) is 0 Å². The van der Waals surface area contributed by atoms with Gasteiger partial charge in [-0.2, -0.15) is 0 Å². The lowest BCUT2D eigenvalue weighted by Gasteiger charge is -2.26.